The van der Waals surface area contributed by atoms with Gasteiger partial charge in [-0.1, -0.05) is 12.8 Å². The van der Waals surface area contributed by atoms with E-state index in [9.17, 15) is 0 Å². The van der Waals surface area contributed by atoms with Crippen LogP contribution in [-0.2, 0) is 17.9 Å². The highest BCUT2D eigenvalue weighted by Gasteiger charge is 2.20. The number of furan rings is 1. The van der Waals surface area contributed by atoms with Crippen LogP contribution in [0.3, 0.4) is 0 Å². The fraction of sp³-hybridized carbons (Fsp3) is 0.750. The lowest BCUT2D eigenvalue weighted by molar-refractivity contribution is 0.100. The Labute approximate surface area is 116 Å². The summed E-state index contributed by atoms with van der Waals surface area (Å²) in [4.78, 5) is 0. The molecule has 3 nitrogen and oxygen atoms in total. The Balaban J connectivity index is 1.74. The maximum absolute atomic E-state index is 5.74. The standard InChI is InChI=1S/C16H27NO2/c1-12-14(10-17-16(2,3)4)9-15(19-12)11-18-8-7-13-5-6-13/h9,13,17H,5-8,10-11H2,1-4H3. The number of hydrogen-bond acceptors (Lipinski definition) is 3. The number of nitrogens with one attached hydrogen (secondary N) is 1. The van der Waals surface area contributed by atoms with Crippen molar-refractivity contribution in [1.82, 2.24) is 5.32 Å². The summed E-state index contributed by atoms with van der Waals surface area (Å²) in [7, 11) is 0. The van der Waals surface area contributed by atoms with Gasteiger partial charge in [0.1, 0.15) is 18.1 Å². The molecule has 19 heavy (non-hydrogen) atoms. The van der Waals surface area contributed by atoms with Crippen LogP contribution >= 0.6 is 0 Å². The minimum absolute atomic E-state index is 0.130. The molecule has 1 N–H and O–H groups in total. The van der Waals surface area contributed by atoms with Crippen molar-refractivity contribution in [2.45, 2.75) is 65.6 Å². The number of ether oxygens (including phenoxy) is 1. The van der Waals surface area contributed by atoms with Crippen LogP contribution in [-0.4, -0.2) is 12.1 Å². The van der Waals surface area contributed by atoms with Crippen molar-refractivity contribution < 1.29 is 9.15 Å². The topological polar surface area (TPSA) is 34.4 Å². The van der Waals surface area contributed by atoms with E-state index >= 15 is 0 Å². The first-order chi connectivity index (χ1) is 8.94. The molecule has 0 unspecified atom stereocenters. The number of hydrogen-bond donors (Lipinski definition) is 1. The highest BCUT2D eigenvalue weighted by Crippen LogP contribution is 2.32. The number of aryl methyl sites for hydroxylation is 1. The van der Waals surface area contributed by atoms with Crippen LogP contribution in [0.2, 0.25) is 0 Å². The largest absolute Gasteiger partial charge is 0.464 e. The zero-order valence-corrected chi connectivity index (χ0v) is 12.7. The van der Waals surface area contributed by atoms with E-state index in [2.05, 4.69) is 32.2 Å². The molecule has 108 valence electrons. The summed E-state index contributed by atoms with van der Waals surface area (Å²) in [5, 5.41) is 3.48. The van der Waals surface area contributed by atoms with Crippen LogP contribution < -0.4 is 5.32 Å². The van der Waals surface area contributed by atoms with Crippen molar-refractivity contribution in [3.05, 3.63) is 23.2 Å². The van der Waals surface area contributed by atoms with Crippen LogP contribution in [0.4, 0.5) is 0 Å². The highest BCUT2D eigenvalue weighted by molar-refractivity contribution is 5.20. The van der Waals surface area contributed by atoms with Crippen LogP contribution in [0.25, 0.3) is 0 Å². The molecule has 1 aromatic rings. The van der Waals surface area contributed by atoms with E-state index in [1.165, 1.54) is 24.8 Å². The van der Waals surface area contributed by atoms with Crippen molar-refractivity contribution in [2.24, 2.45) is 5.92 Å². The van der Waals surface area contributed by atoms with Gasteiger partial charge in [-0.3, -0.25) is 0 Å². The Morgan fingerprint density at radius 3 is 2.74 bits per heavy atom. The summed E-state index contributed by atoms with van der Waals surface area (Å²) in [6.07, 6.45) is 4.00. The first kappa shape index (κ1) is 14.6. The molecule has 1 aliphatic carbocycles. The third-order valence-electron chi connectivity index (χ3n) is 3.49. The van der Waals surface area contributed by atoms with Gasteiger partial charge in [0.15, 0.2) is 0 Å². The molecule has 1 aromatic heterocycles. The van der Waals surface area contributed by atoms with E-state index in [1.807, 2.05) is 6.92 Å². The second-order valence-corrected chi connectivity index (χ2v) is 6.68. The van der Waals surface area contributed by atoms with E-state index in [0.29, 0.717) is 6.61 Å². The minimum atomic E-state index is 0.130. The van der Waals surface area contributed by atoms with Gasteiger partial charge in [-0.2, -0.15) is 0 Å². The fourth-order valence-corrected chi connectivity index (χ4v) is 2.02. The first-order valence-corrected chi connectivity index (χ1v) is 7.35. The third kappa shape index (κ3) is 5.37. The Hall–Kier alpha value is -0.800. The van der Waals surface area contributed by atoms with E-state index in [4.69, 9.17) is 9.15 Å². The summed E-state index contributed by atoms with van der Waals surface area (Å²) in [6.45, 7) is 10.8. The molecule has 1 heterocycles. The Morgan fingerprint density at radius 1 is 1.37 bits per heavy atom. The van der Waals surface area contributed by atoms with Crippen LogP contribution in [0.1, 0.15) is 57.1 Å². The molecule has 0 bridgehead atoms. The summed E-state index contributed by atoms with van der Waals surface area (Å²) in [5.74, 6) is 2.88. The molecule has 0 aromatic carbocycles. The molecule has 0 amide bonds. The van der Waals surface area contributed by atoms with Gasteiger partial charge in [-0.05, 0) is 46.1 Å². The summed E-state index contributed by atoms with van der Waals surface area (Å²) < 4.78 is 11.4. The molecule has 0 radical (unpaired) electrons. The second kappa shape index (κ2) is 6.10. The maximum atomic E-state index is 5.74. The zero-order valence-electron chi connectivity index (χ0n) is 12.7. The molecule has 0 atom stereocenters. The molecular formula is C16H27NO2. The summed E-state index contributed by atoms with van der Waals surface area (Å²) in [5.41, 5.74) is 1.36. The predicted molar refractivity (Wildman–Crippen MR) is 77.0 cm³/mol. The third-order valence-corrected chi connectivity index (χ3v) is 3.49. The molecule has 1 aliphatic rings. The average Bonchev–Trinajstić information content (AvgIpc) is 3.06. The van der Waals surface area contributed by atoms with Crippen molar-refractivity contribution in [2.75, 3.05) is 6.61 Å². The second-order valence-electron chi connectivity index (χ2n) is 6.68. The highest BCUT2D eigenvalue weighted by atomic mass is 16.5. The molecule has 3 heteroatoms. The van der Waals surface area contributed by atoms with E-state index in [1.54, 1.807) is 0 Å². The Bertz CT molecular complexity index is 399. The zero-order chi connectivity index (χ0) is 13.9. The molecule has 0 aliphatic heterocycles. The number of rotatable bonds is 7. The molecular weight excluding hydrogens is 238 g/mol. The van der Waals surface area contributed by atoms with Gasteiger partial charge in [0.05, 0.1) is 0 Å². The Kier molecular flexibility index (Phi) is 4.69. The van der Waals surface area contributed by atoms with Gasteiger partial charge in [-0.25, -0.2) is 0 Å². The van der Waals surface area contributed by atoms with Gasteiger partial charge >= 0.3 is 0 Å². The molecule has 2 rings (SSSR count). The van der Waals surface area contributed by atoms with Gasteiger partial charge in [-0.15, -0.1) is 0 Å². The quantitative estimate of drug-likeness (QED) is 0.762. The minimum Gasteiger partial charge on any atom is -0.464 e. The smallest absolute Gasteiger partial charge is 0.130 e. The van der Waals surface area contributed by atoms with E-state index < -0.39 is 0 Å². The maximum Gasteiger partial charge on any atom is 0.130 e. The lowest BCUT2D eigenvalue weighted by Crippen LogP contribution is -2.35. The summed E-state index contributed by atoms with van der Waals surface area (Å²) in [6, 6.07) is 2.12. The van der Waals surface area contributed by atoms with Crippen molar-refractivity contribution in [3.63, 3.8) is 0 Å². The molecule has 0 spiro atoms. The van der Waals surface area contributed by atoms with E-state index in [-0.39, 0.29) is 5.54 Å². The lowest BCUT2D eigenvalue weighted by Gasteiger charge is -2.20. The Morgan fingerprint density at radius 2 is 2.11 bits per heavy atom. The molecule has 1 saturated carbocycles. The molecule has 1 fully saturated rings. The average molecular weight is 265 g/mol. The lowest BCUT2D eigenvalue weighted by atomic mass is 10.1. The molecule has 0 saturated heterocycles. The monoisotopic (exact) mass is 265 g/mol. The van der Waals surface area contributed by atoms with Gasteiger partial charge < -0.3 is 14.5 Å². The fourth-order valence-electron chi connectivity index (χ4n) is 2.02. The first-order valence-electron chi connectivity index (χ1n) is 7.35. The summed E-state index contributed by atoms with van der Waals surface area (Å²) >= 11 is 0. The van der Waals surface area contributed by atoms with Gasteiger partial charge in [0.25, 0.3) is 0 Å². The normalized spacial score (nSPS) is 16.0. The van der Waals surface area contributed by atoms with Crippen LogP contribution in [0.15, 0.2) is 10.5 Å². The van der Waals surface area contributed by atoms with Crippen molar-refractivity contribution in [3.8, 4) is 0 Å². The van der Waals surface area contributed by atoms with Crippen LogP contribution in [0.5, 0.6) is 0 Å². The SMILES string of the molecule is Cc1oc(COCCC2CC2)cc1CNC(C)(C)C. The van der Waals surface area contributed by atoms with Crippen molar-refractivity contribution >= 4 is 0 Å². The predicted octanol–water partition coefficient (Wildman–Crippen LogP) is 3.79. The van der Waals surface area contributed by atoms with Crippen molar-refractivity contribution in [1.29, 1.82) is 0 Å². The van der Waals surface area contributed by atoms with E-state index in [0.717, 1.165) is 30.6 Å². The van der Waals surface area contributed by atoms with Crippen LogP contribution in [0, 0.1) is 12.8 Å². The van der Waals surface area contributed by atoms with Gasteiger partial charge in [0.2, 0.25) is 0 Å². The van der Waals surface area contributed by atoms with Gasteiger partial charge in [0, 0.05) is 24.3 Å².